The van der Waals surface area contributed by atoms with Crippen molar-refractivity contribution in [2.75, 3.05) is 19.6 Å². The summed E-state index contributed by atoms with van der Waals surface area (Å²) in [7, 11) is 0. The average Bonchev–Trinajstić information content (AvgIpc) is 2.35. The number of unbranched alkanes of at least 4 members (excludes halogenated alkanes) is 2. The zero-order valence-corrected chi connectivity index (χ0v) is 12.0. The van der Waals surface area contributed by atoms with Gasteiger partial charge in [0.05, 0.1) is 0 Å². The SMILES string of the molecule is CCCCN(CCCC)CC1CCCCC1N. The zero-order chi connectivity index (χ0) is 12.5. The highest BCUT2D eigenvalue weighted by Crippen LogP contribution is 2.24. The van der Waals surface area contributed by atoms with Crippen molar-refractivity contribution < 1.29 is 0 Å². The standard InChI is InChI=1S/C15H32N2/c1-3-5-11-17(12-6-4-2)13-14-9-7-8-10-15(14)16/h14-15H,3-13,16H2,1-2H3. The van der Waals surface area contributed by atoms with Gasteiger partial charge in [0.15, 0.2) is 0 Å². The van der Waals surface area contributed by atoms with Gasteiger partial charge in [-0.2, -0.15) is 0 Å². The molecule has 1 saturated carbocycles. The van der Waals surface area contributed by atoms with E-state index in [1.807, 2.05) is 0 Å². The molecule has 0 spiro atoms. The van der Waals surface area contributed by atoms with Crippen molar-refractivity contribution in [2.45, 2.75) is 71.3 Å². The molecule has 2 atom stereocenters. The van der Waals surface area contributed by atoms with Crippen LogP contribution in [0.15, 0.2) is 0 Å². The Bertz CT molecular complexity index is 174. The van der Waals surface area contributed by atoms with Crippen LogP contribution < -0.4 is 5.73 Å². The fourth-order valence-corrected chi connectivity index (χ4v) is 2.85. The van der Waals surface area contributed by atoms with Crippen LogP contribution in [-0.2, 0) is 0 Å². The second-order valence-corrected chi connectivity index (χ2v) is 5.72. The molecular formula is C15H32N2. The lowest BCUT2D eigenvalue weighted by Gasteiger charge is -2.33. The van der Waals surface area contributed by atoms with E-state index in [1.165, 1.54) is 71.0 Å². The second kappa shape index (κ2) is 8.93. The first-order valence-electron chi connectivity index (χ1n) is 7.75. The molecule has 1 aliphatic rings. The molecule has 2 heteroatoms. The Morgan fingerprint density at radius 1 is 1.00 bits per heavy atom. The summed E-state index contributed by atoms with van der Waals surface area (Å²) in [6, 6.07) is 0.467. The summed E-state index contributed by atoms with van der Waals surface area (Å²) in [5.41, 5.74) is 6.26. The third-order valence-electron chi connectivity index (χ3n) is 4.12. The summed E-state index contributed by atoms with van der Waals surface area (Å²) in [4.78, 5) is 2.67. The van der Waals surface area contributed by atoms with Crippen LogP contribution in [-0.4, -0.2) is 30.6 Å². The van der Waals surface area contributed by atoms with Gasteiger partial charge in [-0.15, -0.1) is 0 Å². The number of nitrogens with zero attached hydrogens (tertiary/aromatic N) is 1. The molecule has 0 aromatic heterocycles. The van der Waals surface area contributed by atoms with Crippen molar-refractivity contribution in [3.63, 3.8) is 0 Å². The van der Waals surface area contributed by atoms with E-state index < -0.39 is 0 Å². The second-order valence-electron chi connectivity index (χ2n) is 5.72. The Labute approximate surface area is 108 Å². The van der Waals surface area contributed by atoms with Crippen LogP contribution in [0.3, 0.4) is 0 Å². The molecule has 0 bridgehead atoms. The van der Waals surface area contributed by atoms with Crippen molar-refractivity contribution in [3.05, 3.63) is 0 Å². The summed E-state index contributed by atoms with van der Waals surface area (Å²) in [5.74, 6) is 0.762. The lowest BCUT2D eigenvalue weighted by atomic mass is 9.84. The first kappa shape index (κ1) is 15.0. The predicted molar refractivity (Wildman–Crippen MR) is 76.2 cm³/mol. The number of hydrogen-bond donors (Lipinski definition) is 1. The molecule has 2 unspecified atom stereocenters. The van der Waals surface area contributed by atoms with Gasteiger partial charge >= 0.3 is 0 Å². The minimum absolute atomic E-state index is 0.467. The van der Waals surface area contributed by atoms with Gasteiger partial charge in [0.1, 0.15) is 0 Å². The quantitative estimate of drug-likeness (QED) is 0.704. The maximum atomic E-state index is 6.26. The number of rotatable bonds is 8. The third-order valence-corrected chi connectivity index (χ3v) is 4.12. The molecule has 0 aromatic rings. The van der Waals surface area contributed by atoms with Gasteiger partial charge in [-0.1, -0.05) is 39.5 Å². The van der Waals surface area contributed by atoms with E-state index in [0.717, 1.165) is 5.92 Å². The summed E-state index contributed by atoms with van der Waals surface area (Å²) >= 11 is 0. The molecule has 2 nitrogen and oxygen atoms in total. The van der Waals surface area contributed by atoms with E-state index in [-0.39, 0.29) is 0 Å². The van der Waals surface area contributed by atoms with Gasteiger partial charge in [-0.3, -0.25) is 0 Å². The minimum atomic E-state index is 0.467. The van der Waals surface area contributed by atoms with Gasteiger partial charge in [-0.25, -0.2) is 0 Å². The Balaban J connectivity index is 2.33. The van der Waals surface area contributed by atoms with E-state index in [4.69, 9.17) is 5.73 Å². The van der Waals surface area contributed by atoms with Crippen LogP contribution in [0, 0.1) is 5.92 Å². The normalized spacial score (nSPS) is 25.4. The summed E-state index contributed by atoms with van der Waals surface area (Å²) in [5, 5.41) is 0. The minimum Gasteiger partial charge on any atom is -0.327 e. The monoisotopic (exact) mass is 240 g/mol. The van der Waals surface area contributed by atoms with Crippen molar-refractivity contribution in [3.8, 4) is 0 Å². The van der Waals surface area contributed by atoms with E-state index in [2.05, 4.69) is 18.7 Å². The molecule has 0 saturated heterocycles. The Hall–Kier alpha value is -0.0800. The highest BCUT2D eigenvalue weighted by atomic mass is 15.1. The number of nitrogens with two attached hydrogens (primary N) is 1. The average molecular weight is 240 g/mol. The highest BCUT2D eigenvalue weighted by Gasteiger charge is 2.23. The molecule has 17 heavy (non-hydrogen) atoms. The van der Waals surface area contributed by atoms with E-state index in [9.17, 15) is 0 Å². The van der Waals surface area contributed by atoms with Gasteiger partial charge in [0.2, 0.25) is 0 Å². The van der Waals surface area contributed by atoms with Crippen LogP contribution in [0.2, 0.25) is 0 Å². The Morgan fingerprint density at radius 2 is 1.59 bits per heavy atom. The van der Waals surface area contributed by atoms with E-state index in [1.54, 1.807) is 0 Å². The first-order chi connectivity index (χ1) is 8.27. The summed E-state index contributed by atoms with van der Waals surface area (Å²) < 4.78 is 0. The third kappa shape index (κ3) is 5.87. The number of hydrogen-bond acceptors (Lipinski definition) is 2. The van der Waals surface area contributed by atoms with Crippen LogP contribution in [0.1, 0.15) is 65.2 Å². The Morgan fingerprint density at radius 3 is 2.12 bits per heavy atom. The summed E-state index contributed by atoms with van der Waals surface area (Å²) in [6.45, 7) is 8.37. The lowest BCUT2D eigenvalue weighted by Crippen LogP contribution is -2.41. The molecule has 1 aliphatic carbocycles. The fourth-order valence-electron chi connectivity index (χ4n) is 2.85. The molecule has 0 aliphatic heterocycles. The van der Waals surface area contributed by atoms with Crippen molar-refractivity contribution in [1.29, 1.82) is 0 Å². The van der Waals surface area contributed by atoms with Crippen LogP contribution in [0.25, 0.3) is 0 Å². The molecule has 102 valence electrons. The van der Waals surface area contributed by atoms with Crippen LogP contribution >= 0.6 is 0 Å². The maximum Gasteiger partial charge on any atom is 0.00793 e. The molecule has 0 amide bonds. The van der Waals surface area contributed by atoms with Crippen molar-refractivity contribution >= 4 is 0 Å². The van der Waals surface area contributed by atoms with Crippen LogP contribution in [0.5, 0.6) is 0 Å². The van der Waals surface area contributed by atoms with Gasteiger partial charge in [0, 0.05) is 12.6 Å². The largest absolute Gasteiger partial charge is 0.327 e. The van der Waals surface area contributed by atoms with Gasteiger partial charge < -0.3 is 10.6 Å². The predicted octanol–water partition coefficient (Wildman–Crippen LogP) is 3.41. The molecule has 1 rings (SSSR count). The molecule has 0 aromatic carbocycles. The molecule has 2 N–H and O–H groups in total. The molecule has 0 heterocycles. The van der Waals surface area contributed by atoms with E-state index in [0.29, 0.717) is 6.04 Å². The summed E-state index contributed by atoms with van der Waals surface area (Å²) in [6.07, 6.45) is 10.6. The van der Waals surface area contributed by atoms with Gasteiger partial charge in [-0.05, 0) is 44.7 Å². The fraction of sp³-hybridized carbons (Fsp3) is 1.00. The van der Waals surface area contributed by atoms with Crippen LogP contribution in [0.4, 0.5) is 0 Å². The molecule has 0 radical (unpaired) electrons. The first-order valence-corrected chi connectivity index (χ1v) is 7.75. The molecular weight excluding hydrogens is 208 g/mol. The highest BCUT2D eigenvalue weighted by molar-refractivity contribution is 4.80. The van der Waals surface area contributed by atoms with Crippen molar-refractivity contribution in [1.82, 2.24) is 4.90 Å². The maximum absolute atomic E-state index is 6.26. The molecule has 1 fully saturated rings. The topological polar surface area (TPSA) is 29.3 Å². The van der Waals surface area contributed by atoms with Gasteiger partial charge in [0.25, 0.3) is 0 Å². The lowest BCUT2D eigenvalue weighted by molar-refractivity contribution is 0.180. The smallest absolute Gasteiger partial charge is 0.00793 e. The zero-order valence-electron chi connectivity index (χ0n) is 12.0. The van der Waals surface area contributed by atoms with E-state index >= 15 is 0 Å². The Kier molecular flexibility index (Phi) is 7.87. The van der Waals surface area contributed by atoms with Crippen molar-refractivity contribution in [2.24, 2.45) is 11.7 Å².